The highest BCUT2D eigenvalue weighted by Crippen LogP contribution is 2.24. The van der Waals surface area contributed by atoms with Crippen LogP contribution in [0.15, 0.2) is 5.03 Å². The molecule has 4 nitrogen and oxygen atoms in total. The van der Waals surface area contributed by atoms with E-state index in [4.69, 9.17) is 10.4 Å². The molecule has 86 valence electrons. The van der Waals surface area contributed by atoms with Crippen LogP contribution in [0.5, 0.6) is 0 Å². The van der Waals surface area contributed by atoms with Crippen LogP contribution in [-0.2, 0) is 12.8 Å². The van der Waals surface area contributed by atoms with Gasteiger partial charge in [0.25, 0.3) is 0 Å². The fourth-order valence-corrected chi connectivity index (χ4v) is 2.21. The van der Waals surface area contributed by atoms with Crippen molar-refractivity contribution in [1.82, 2.24) is 10.2 Å². The molecule has 1 N–H and O–H groups in total. The van der Waals surface area contributed by atoms with Gasteiger partial charge >= 0.3 is 0 Å². The number of hydrogen-bond acceptors (Lipinski definition) is 5. The van der Waals surface area contributed by atoms with E-state index in [1.807, 2.05) is 13.8 Å². The third kappa shape index (κ3) is 2.71. The first-order valence-corrected chi connectivity index (χ1v) is 6.29. The third-order valence-electron chi connectivity index (χ3n) is 2.26. The molecule has 0 bridgehead atoms. The van der Waals surface area contributed by atoms with Crippen molar-refractivity contribution in [3.63, 3.8) is 0 Å². The van der Waals surface area contributed by atoms with Gasteiger partial charge in [0, 0.05) is 5.75 Å². The molecule has 1 heterocycles. The summed E-state index contributed by atoms with van der Waals surface area (Å²) in [5.41, 5.74) is 2.50. The first kappa shape index (κ1) is 12.9. The van der Waals surface area contributed by atoms with Crippen molar-refractivity contribution in [2.24, 2.45) is 0 Å². The first-order valence-electron chi connectivity index (χ1n) is 5.30. The van der Waals surface area contributed by atoms with Crippen molar-refractivity contribution >= 4 is 11.8 Å². The van der Waals surface area contributed by atoms with Crippen LogP contribution in [-0.4, -0.2) is 27.7 Å². The SMILES string of the molecule is CCc1nnc(SCCO)c(C#N)c1CC. The van der Waals surface area contributed by atoms with Gasteiger partial charge in [-0.15, -0.1) is 16.9 Å². The molecule has 1 aromatic rings. The molecule has 5 heteroatoms. The number of aromatic nitrogens is 2. The maximum atomic E-state index is 9.16. The lowest BCUT2D eigenvalue weighted by Crippen LogP contribution is -2.05. The number of aryl methyl sites for hydroxylation is 1. The molecule has 16 heavy (non-hydrogen) atoms. The molecule has 0 aliphatic rings. The molecule has 0 fully saturated rings. The monoisotopic (exact) mass is 237 g/mol. The minimum atomic E-state index is 0.0776. The van der Waals surface area contributed by atoms with Crippen LogP contribution in [0.2, 0.25) is 0 Å². The Hall–Kier alpha value is -1.12. The normalized spacial score (nSPS) is 10.1. The lowest BCUT2D eigenvalue weighted by molar-refractivity contribution is 0.322. The van der Waals surface area contributed by atoms with Crippen LogP contribution < -0.4 is 0 Å². The molecule has 0 atom stereocenters. The Kier molecular flexibility index (Phi) is 5.23. The average molecular weight is 237 g/mol. The van der Waals surface area contributed by atoms with E-state index in [1.54, 1.807) is 0 Å². The standard InChI is InChI=1S/C11H15N3OS/c1-3-8-9(7-12)11(16-6-5-15)14-13-10(8)4-2/h15H,3-6H2,1-2H3. The molecule has 0 spiro atoms. The minimum absolute atomic E-state index is 0.0776. The zero-order chi connectivity index (χ0) is 12.0. The Labute approximate surface area is 99.7 Å². The summed E-state index contributed by atoms with van der Waals surface area (Å²) in [6.45, 7) is 4.09. The molecule has 1 rings (SSSR count). The van der Waals surface area contributed by atoms with E-state index in [-0.39, 0.29) is 6.61 Å². The van der Waals surface area contributed by atoms with Gasteiger partial charge in [0.1, 0.15) is 11.1 Å². The van der Waals surface area contributed by atoms with E-state index in [0.717, 1.165) is 24.1 Å². The molecule has 0 aromatic carbocycles. The summed E-state index contributed by atoms with van der Waals surface area (Å²) >= 11 is 1.37. The number of hydrogen-bond donors (Lipinski definition) is 1. The van der Waals surface area contributed by atoms with Gasteiger partial charge in [-0.1, -0.05) is 13.8 Å². The van der Waals surface area contributed by atoms with Crippen LogP contribution >= 0.6 is 11.8 Å². The minimum Gasteiger partial charge on any atom is -0.396 e. The van der Waals surface area contributed by atoms with E-state index >= 15 is 0 Å². The average Bonchev–Trinajstić information content (AvgIpc) is 2.34. The molecule has 0 amide bonds. The second kappa shape index (κ2) is 6.46. The van der Waals surface area contributed by atoms with Crippen molar-refractivity contribution in [1.29, 1.82) is 5.26 Å². The summed E-state index contributed by atoms with van der Waals surface area (Å²) in [5, 5.41) is 26.7. The molecule has 0 aliphatic carbocycles. The van der Waals surface area contributed by atoms with Gasteiger partial charge in [0.05, 0.1) is 17.9 Å². The maximum absolute atomic E-state index is 9.16. The van der Waals surface area contributed by atoms with Crippen molar-refractivity contribution in [3.05, 3.63) is 16.8 Å². The number of aliphatic hydroxyl groups excluding tert-OH is 1. The lowest BCUT2D eigenvalue weighted by Gasteiger charge is -2.09. The molecule has 1 aromatic heterocycles. The van der Waals surface area contributed by atoms with Gasteiger partial charge in [-0.2, -0.15) is 10.4 Å². The summed E-state index contributed by atoms with van der Waals surface area (Å²) in [4.78, 5) is 0. The van der Waals surface area contributed by atoms with Crippen LogP contribution in [0.1, 0.15) is 30.7 Å². The van der Waals surface area contributed by atoms with Gasteiger partial charge < -0.3 is 5.11 Å². The quantitative estimate of drug-likeness (QED) is 0.787. The fraction of sp³-hybridized carbons (Fsp3) is 0.545. The Morgan fingerprint density at radius 2 is 2.06 bits per heavy atom. The largest absolute Gasteiger partial charge is 0.396 e. The smallest absolute Gasteiger partial charge is 0.137 e. The van der Waals surface area contributed by atoms with Gasteiger partial charge in [-0.05, 0) is 18.4 Å². The summed E-state index contributed by atoms with van der Waals surface area (Å²) in [5.74, 6) is 0.540. The van der Waals surface area contributed by atoms with Gasteiger partial charge in [0.15, 0.2) is 0 Å². The Bertz CT molecular complexity index is 401. The van der Waals surface area contributed by atoms with Gasteiger partial charge in [-0.25, -0.2) is 0 Å². The molecular formula is C11H15N3OS. The predicted octanol–water partition coefficient (Wildman–Crippen LogP) is 1.56. The lowest BCUT2D eigenvalue weighted by atomic mass is 10.1. The van der Waals surface area contributed by atoms with Crippen molar-refractivity contribution in [2.45, 2.75) is 31.7 Å². The second-order valence-electron chi connectivity index (χ2n) is 3.20. The number of nitrogens with zero attached hydrogens (tertiary/aromatic N) is 3. The fourth-order valence-electron chi connectivity index (χ4n) is 1.51. The van der Waals surface area contributed by atoms with E-state index in [2.05, 4.69) is 16.3 Å². The van der Waals surface area contributed by atoms with E-state index in [9.17, 15) is 0 Å². The van der Waals surface area contributed by atoms with Crippen LogP contribution in [0.4, 0.5) is 0 Å². The van der Waals surface area contributed by atoms with Crippen molar-refractivity contribution < 1.29 is 5.11 Å². The highest BCUT2D eigenvalue weighted by molar-refractivity contribution is 7.99. The van der Waals surface area contributed by atoms with Crippen molar-refractivity contribution in [3.8, 4) is 6.07 Å². The summed E-state index contributed by atoms with van der Waals surface area (Å²) in [7, 11) is 0. The van der Waals surface area contributed by atoms with E-state index < -0.39 is 0 Å². The number of thioether (sulfide) groups is 1. The zero-order valence-corrected chi connectivity index (χ0v) is 10.3. The third-order valence-corrected chi connectivity index (χ3v) is 3.20. The first-order chi connectivity index (χ1) is 7.78. The number of nitriles is 1. The number of rotatable bonds is 5. The van der Waals surface area contributed by atoms with Gasteiger partial charge in [-0.3, -0.25) is 0 Å². The molecule has 0 saturated carbocycles. The Balaban J connectivity index is 3.16. The second-order valence-corrected chi connectivity index (χ2v) is 4.28. The summed E-state index contributed by atoms with van der Waals surface area (Å²) in [6.07, 6.45) is 1.57. The van der Waals surface area contributed by atoms with Crippen molar-refractivity contribution in [2.75, 3.05) is 12.4 Å². The van der Waals surface area contributed by atoms with Crippen LogP contribution in [0.25, 0.3) is 0 Å². The molecule has 0 aliphatic heterocycles. The molecular weight excluding hydrogens is 222 g/mol. The van der Waals surface area contributed by atoms with Gasteiger partial charge in [0.2, 0.25) is 0 Å². The molecule has 0 radical (unpaired) electrons. The topological polar surface area (TPSA) is 69.8 Å². The zero-order valence-electron chi connectivity index (χ0n) is 9.53. The molecule has 0 unspecified atom stereocenters. The van der Waals surface area contributed by atoms with Crippen LogP contribution in [0.3, 0.4) is 0 Å². The maximum Gasteiger partial charge on any atom is 0.137 e. The highest BCUT2D eigenvalue weighted by atomic mass is 32.2. The Morgan fingerprint density at radius 1 is 1.31 bits per heavy atom. The predicted molar refractivity (Wildman–Crippen MR) is 63.3 cm³/mol. The Morgan fingerprint density at radius 3 is 2.56 bits per heavy atom. The van der Waals surface area contributed by atoms with Crippen LogP contribution in [0, 0.1) is 11.3 Å². The summed E-state index contributed by atoms with van der Waals surface area (Å²) < 4.78 is 0. The van der Waals surface area contributed by atoms with E-state index in [1.165, 1.54) is 11.8 Å². The summed E-state index contributed by atoms with van der Waals surface area (Å²) in [6, 6.07) is 2.19. The van der Waals surface area contributed by atoms with E-state index in [0.29, 0.717) is 16.3 Å². The number of aliphatic hydroxyl groups is 1. The molecule has 0 saturated heterocycles. The highest BCUT2D eigenvalue weighted by Gasteiger charge is 2.14.